The van der Waals surface area contributed by atoms with E-state index in [0.29, 0.717) is 6.61 Å². The van der Waals surface area contributed by atoms with Crippen molar-refractivity contribution in [2.75, 3.05) is 44.2 Å². The zero-order valence-electron chi connectivity index (χ0n) is 17.8. The minimum Gasteiger partial charge on any atom is -0.375 e. The number of benzene rings is 3. The molecular formula is C27H29ClN2O. The molecular weight excluding hydrogens is 404 g/mol. The van der Waals surface area contributed by atoms with Gasteiger partial charge in [0, 0.05) is 42.3 Å². The van der Waals surface area contributed by atoms with Crippen LogP contribution in [0, 0.1) is 0 Å². The van der Waals surface area contributed by atoms with E-state index in [-0.39, 0.29) is 5.41 Å². The van der Waals surface area contributed by atoms with Crippen molar-refractivity contribution in [3.63, 3.8) is 0 Å². The van der Waals surface area contributed by atoms with Gasteiger partial charge in [-0.2, -0.15) is 0 Å². The number of anilines is 1. The second-order valence-electron chi connectivity index (χ2n) is 8.66. The Kier molecular flexibility index (Phi) is 5.99. The first kappa shape index (κ1) is 20.6. The summed E-state index contributed by atoms with van der Waals surface area (Å²) in [6.45, 7) is 6.73. The molecule has 0 aliphatic carbocycles. The number of fused-ring (bicyclic) bond motifs is 1. The summed E-state index contributed by atoms with van der Waals surface area (Å²) < 4.78 is 6.15. The second-order valence-corrected chi connectivity index (χ2v) is 9.09. The van der Waals surface area contributed by atoms with Crippen LogP contribution in [0.15, 0.2) is 78.9 Å². The molecule has 1 atom stereocenters. The van der Waals surface area contributed by atoms with Crippen molar-refractivity contribution in [1.82, 2.24) is 4.90 Å². The van der Waals surface area contributed by atoms with Gasteiger partial charge in [0.05, 0.1) is 13.2 Å². The van der Waals surface area contributed by atoms with Crippen molar-refractivity contribution >= 4 is 17.3 Å². The van der Waals surface area contributed by atoms with E-state index in [1.165, 1.54) is 22.4 Å². The Morgan fingerprint density at radius 2 is 1.61 bits per heavy atom. The number of ether oxygens (including phenoxy) is 1. The molecule has 3 nitrogen and oxygen atoms in total. The molecule has 1 unspecified atom stereocenters. The SMILES string of the molecule is Clc1cccc(N2CCN(CCC3(c4ccccc4)COCc4ccccc43)CC2)c1. The van der Waals surface area contributed by atoms with Crippen molar-refractivity contribution in [3.05, 3.63) is 101 Å². The summed E-state index contributed by atoms with van der Waals surface area (Å²) in [6, 6.07) is 28.0. The second kappa shape index (κ2) is 9.04. The largest absolute Gasteiger partial charge is 0.375 e. The van der Waals surface area contributed by atoms with E-state index in [1.807, 2.05) is 12.1 Å². The number of hydrogen-bond donors (Lipinski definition) is 0. The first-order chi connectivity index (χ1) is 15.2. The number of nitrogens with zero attached hydrogens (tertiary/aromatic N) is 2. The van der Waals surface area contributed by atoms with Gasteiger partial charge in [-0.05, 0) is 47.9 Å². The van der Waals surface area contributed by atoms with Crippen molar-refractivity contribution in [1.29, 1.82) is 0 Å². The smallest absolute Gasteiger partial charge is 0.0720 e. The molecule has 0 amide bonds. The van der Waals surface area contributed by atoms with Crippen LogP contribution in [0.25, 0.3) is 0 Å². The van der Waals surface area contributed by atoms with Gasteiger partial charge < -0.3 is 9.64 Å². The minimum atomic E-state index is -0.0831. The van der Waals surface area contributed by atoms with Crippen molar-refractivity contribution in [2.24, 2.45) is 0 Å². The van der Waals surface area contributed by atoms with Crippen LogP contribution in [-0.2, 0) is 16.8 Å². The maximum absolute atomic E-state index is 6.19. The topological polar surface area (TPSA) is 15.7 Å². The van der Waals surface area contributed by atoms with E-state index in [9.17, 15) is 0 Å². The normalized spacial score (nSPS) is 21.6. The van der Waals surface area contributed by atoms with Gasteiger partial charge in [-0.25, -0.2) is 0 Å². The van der Waals surface area contributed by atoms with Gasteiger partial charge >= 0.3 is 0 Å². The summed E-state index contributed by atoms with van der Waals surface area (Å²) in [6.07, 6.45) is 1.06. The monoisotopic (exact) mass is 432 g/mol. The maximum Gasteiger partial charge on any atom is 0.0720 e. The molecule has 1 saturated heterocycles. The lowest BCUT2D eigenvalue weighted by atomic mass is 9.70. The lowest BCUT2D eigenvalue weighted by Crippen LogP contribution is -2.48. The Labute approximate surface area is 190 Å². The maximum atomic E-state index is 6.19. The van der Waals surface area contributed by atoms with Crippen LogP contribution in [0.4, 0.5) is 5.69 Å². The summed E-state index contributed by atoms with van der Waals surface area (Å²) in [5.74, 6) is 0. The summed E-state index contributed by atoms with van der Waals surface area (Å²) in [4.78, 5) is 5.04. The van der Waals surface area contributed by atoms with E-state index in [0.717, 1.165) is 50.8 Å². The zero-order valence-corrected chi connectivity index (χ0v) is 18.6. The van der Waals surface area contributed by atoms with Crippen molar-refractivity contribution < 1.29 is 4.74 Å². The molecule has 0 aromatic heterocycles. The third kappa shape index (κ3) is 4.23. The highest BCUT2D eigenvalue weighted by Gasteiger charge is 2.39. The molecule has 4 heteroatoms. The van der Waals surface area contributed by atoms with E-state index < -0.39 is 0 Å². The quantitative estimate of drug-likeness (QED) is 0.539. The molecule has 0 bridgehead atoms. The Morgan fingerprint density at radius 3 is 2.42 bits per heavy atom. The van der Waals surface area contributed by atoms with Gasteiger partial charge in [-0.3, -0.25) is 4.90 Å². The Bertz CT molecular complexity index is 1020. The molecule has 0 radical (unpaired) electrons. The summed E-state index contributed by atoms with van der Waals surface area (Å²) in [5.41, 5.74) is 5.26. The fourth-order valence-electron chi connectivity index (χ4n) is 5.12. The highest BCUT2D eigenvalue weighted by Crippen LogP contribution is 2.41. The molecule has 160 valence electrons. The van der Waals surface area contributed by atoms with Crippen LogP contribution in [0.5, 0.6) is 0 Å². The lowest BCUT2D eigenvalue weighted by molar-refractivity contribution is 0.0572. The molecule has 5 rings (SSSR count). The third-order valence-corrected chi connectivity index (χ3v) is 7.10. The van der Waals surface area contributed by atoms with Gasteiger partial charge in [-0.1, -0.05) is 72.3 Å². The summed E-state index contributed by atoms with van der Waals surface area (Å²) in [5, 5.41) is 0.806. The fraction of sp³-hybridized carbons (Fsp3) is 0.333. The van der Waals surface area contributed by atoms with E-state index in [1.54, 1.807) is 0 Å². The standard InChI is InChI=1S/C27H29ClN2O/c28-24-10-6-11-25(19-24)30-17-15-29(16-18-30)14-13-27(23-8-2-1-3-9-23)21-31-20-22-7-4-5-12-26(22)27/h1-12,19H,13-18,20-21H2. The number of hydrogen-bond acceptors (Lipinski definition) is 3. The van der Waals surface area contributed by atoms with E-state index in [2.05, 4.69) is 76.5 Å². The van der Waals surface area contributed by atoms with Gasteiger partial charge in [0.15, 0.2) is 0 Å². The Balaban J connectivity index is 1.32. The van der Waals surface area contributed by atoms with E-state index in [4.69, 9.17) is 16.3 Å². The van der Waals surface area contributed by atoms with Gasteiger partial charge in [0.2, 0.25) is 0 Å². The summed E-state index contributed by atoms with van der Waals surface area (Å²) in [7, 11) is 0. The molecule has 31 heavy (non-hydrogen) atoms. The first-order valence-corrected chi connectivity index (χ1v) is 11.6. The van der Waals surface area contributed by atoms with Crippen LogP contribution < -0.4 is 4.90 Å². The lowest BCUT2D eigenvalue weighted by Gasteiger charge is -2.42. The highest BCUT2D eigenvalue weighted by molar-refractivity contribution is 6.30. The molecule has 3 aromatic rings. The van der Waals surface area contributed by atoms with Crippen molar-refractivity contribution in [2.45, 2.75) is 18.4 Å². The number of piperazine rings is 1. The first-order valence-electron chi connectivity index (χ1n) is 11.2. The predicted octanol–water partition coefficient (Wildman–Crippen LogP) is 5.37. The van der Waals surface area contributed by atoms with Gasteiger partial charge in [0.25, 0.3) is 0 Å². The van der Waals surface area contributed by atoms with Crippen LogP contribution in [0.3, 0.4) is 0 Å². The Hall–Kier alpha value is -2.33. The number of rotatable bonds is 5. The highest BCUT2D eigenvalue weighted by atomic mass is 35.5. The predicted molar refractivity (Wildman–Crippen MR) is 128 cm³/mol. The molecule has 2 aliphatic rings. The molecule has 0 saturated carbocycles. The van der Waals surface area contributed by atoms with Crippen LogP contribution >= 0.6 is 11.6 Å². The van der Waals surface area contributed by atoms with Gasteiger partial charge in [-0.15, -0.1) is 0 Å². The number of halogens is 1. The minimum absolute atomic E-state index is 0.0831. The molecule has 0 N–H and O–H groups in total. The van der Waals surface area contributed by atoms with Crippen LogP contribution in [-0.4, -0.2) is 44.2 Å². The molecule has 1 fully saturated rings. The Morgan fingerprint density at radius 1 is 0.839 bits per heavy atom. The summed E-state index contributed by atoms with van der Waals surface area (Å²) >= 11 is 6.19. The molecule has 2 aliphatic heterocycles. The average molecular weight is 433 g/mol. The molecule has 3 aromatic carbocycles. The van der Waals surface area contributed by atoms with Crippen LogP contribution in [0.2, 0.25) is 5.02 Å². The average Bonchev–Trinajstić information content (AvgIpc) is 2.83. The fourth-order valence-corrected chi connectivity index (χ4v) is 5.31. The third-order valence-electron chi connectivity index (χ3n) is 6.87. The molecule has 0 spiro atoms. The molecule has 2 heterocycles. The van der Waals surface area contributed by atoms with Crippen molar-refractivity contribution in [3.8, 4) is 0 Å². The zero-order chi connectivity index (χ0) is 21.1. The van der Waals surface area contributed by atoms with Crippen LogP contribution in [0.1, 0.15) is 23.1 Å². The van der Waals surface area contributed by atoms with E-state index >= 15 is 0 Å². The van der Waals surface area contributed by atoms with Gasteiger partial charge in [0.1, 0.15) is 0 Å².